The summed E-state index contributed by atoms with van der Waals surface area (Å²) < 4.78 is 15.6. The number of carbonyl (C=O) groups is 3. The van der Waals surface area contributed by atoms with Gasteiger partial charge in [0.1, 0.15) is 41.7 Å². The molecule has 68 heavy (non-hydrogen) atoms. The molecule has 0 radical (unpaired) electrons. The molecule has 5 aromatic carbocycles. The van der Waals surface area contributed by atoms with Crippen molar-refractivity contribution >= 4 is 63.3 Å². The van der Waals surface area contributed by atoms with Crippen molar-refractivity contribution in [2.24, 2.45) is 0 Å². The van der Waals surface area contributed by atoms with Crippen LogP contribution in [0.4, 0.5) is 5.69 Å². The predicted octanol–water partition coefficient (Wildman–Crippen LogP) is 8.34. The maximum absolute atomic E-state index is 14.5. The Balaban J connectivity index is 0.995. The van der Waals surface area contributed by atoms with E-state index in [2.05, 4.69) is 26.9 Å². The molecule has 340 valence electrons. The maximum atomic E-state index is 14.5. The number of phenolic OH excluding ortho intramolecular Hbond substituents is 1. The average Bonchev–Trinajstić information content (AvgIpc) is 3.32. The van der Waals surface area contributed by atoms with Gasteiger partial charge in [0.15, 0.2) is 5.43 Å². The van der Waals surface area contributed by atoms with E-state index in [4.69, 9.17) is 32.4 Å². The summed E-state index contributed by atoms with van der Waals surface area (Å²) in [4.78, 5) is 55.8. The first-order valence-electron chi connectivity index (χ1n) is 23.0. The number of carboxylic acids is 2. The molecule has 0 fully saturated rings. The molecule has 0 atom stereocenters. The number of phenols is 1. The number of anilines is 1. The Morgan fingerprint density at radius 2 is 1.50 bits per heavy atom. The largest absolute Gasteiger partial charge is 0.508 e. The molecule has 5 aromatic rings. The van der Waals surface area contributed by atoms with Gasteiger partial charge in [0.2, 0.25) is 5.36 Å². The van der Waals surface area contributed by atoms with Crippen LogP contribution in [0.2, 0.25) is 10.0 Å². The number of nitrogens with one attached hydrogen (secondary N) is 1. The van der Waals surface area contributed by atoms with Crippen molar-refractivity contribution < 1.29 is 38.9 Å². The molecule has 14 heteroatoms. The number of ether oxygens (including phenoxy) is 1. The minimum atomic E-state index is -1.30. The molecule has 6 heterocycles. The van der Waals surface area contributed by atoms with Gasteiger partial charge >= 0.3 is 11.9 Å². The first-order valence-corrected chi connectivity index (χ1v) is 23.7. The van der Waals surface area contributed by atoms with Crippen LogP contribution < -0.4 is 35.5 Å². The van der Waals surface area contributed by atoms with E-state index in [1.807, 2.05) is 0 Å². The lowest BCUT2D eigenvalue weighted by molar-refractivity contribution is 0.0686. The van der Waals surface area contributed by atoms with Crippen LogP contribution in [-0.4, -0.2) is 59.3 Å². The number of halogens is 2. The number of fused-ring (bicyclic) bond motifs is 6. The van der Waals surface area contributed by atoms with Crippen molar-refractivity contribution in [1.29, 1.82) is 0 Å². The summed E-state index contributed by atoms with van der Waals surface area (Å²) in [5.41, 5.74) is 8.51. The number of nitrogens with zero attached hydrogens (tertiary/aromatic N) is 2. The highest BCUT2D eigenvalue weighted by atomic mass is 35.5. The van der Waals surface area contributed by atoms with Crippen molar-refractivity contribution in [1.82, 2.24) is 9.89 Å². The minimum absolute atomic E-state index is 0.0447. The van der Waals surface area contributed by atoms with Gasteiger partial charge in [-0.3, -0.25) is 9.59 Å². The van der Waals surface area contributed by atoms with Crippen molar-refractivity contribution in [3.05, 3.63) is 159 Å². The third-order valence-corrected chi connectivity index (χ3v) is 15.0. The summed E-state index contributed by atoms with van der Waals surface area (Å²) in [6.45, 7) is 3.69. The Hall–Kier alpha value is -7.15. The summed E-state index contributed by atoms with van der Waals surface area (Å²) in [7, 11) is 0. The van der Waals surface area contributed by atoms with E-state index in [9.17, 15) is 34.5 Å². The highest BCUT2D eigenvalue weighted by Crippen LogP contribution is 2.51. The number of hydrogen-bond acceptors (Lipinski definition) is 8. The lowest BCUT2D eigenvalue weighted by atomic mass is 9.81. The fourth-order valence-corrected chi connectivity index (χ4v) is 12.2. The fraction of sp³-hybridized carbons (Fsp3) is 0.241. The standard InChI is InChI=1S/C54H41Cl2N3O9/c55-40-24-39(52(62)57-25-26-9-12-31(36(19-26)53(63)64)43-32-13-10-29(60)22-41(32)67-42-23-30(61)11-14-33(42)43)47(56)46(45(40)54(65)66)44-37-20-27-5-1-15-58-17-3-7-34(48(27)58)50(37)68-51-35-8-4-18-59-16-2-6-28(49(35)59)21-38(44)51/h9-14,19-24H,1-8,15-18,25H2,(H3-,57,60,61,62,63,64,65,66)/p+1. The zero-order valence-corrected chi connectivity index (χ0v) is 38.1. The summed E-state index contributed by atoms with van der Waals surface area (Å²) >= 11 is 14.5. The minimum Gasteiger partial charge on any atom is -0.508 e. The van der Waals surface area contributed by atoms with E-state index in [1.54, 1.807) is 24.3 Å². The molecule has 0 bridgehead atoms. The second-order valence-corrected chi connectivity index (χ2v) is 19.1. The molecular formula is C54H42Cl2N3O9+. The van der Waals surface area contributed by atoms with Crippen LogP contribution in [-0.2, 0) is 32.2 Å². The predicted molar refractivity (Wildman–Crippen MR) is 258 cm³/mol. The molecule has 0 unspecified atom stereocenters. The normalized spacial score (nSPS) is 15.6. The van der Waals surface area contributed by atoms with Gasteiger partial charge in [-0.2, -0.15) is 0 Å². The van der Waals surface area contributed by atoms with E-state index in [0.717, 1.165) is 99.5 Å². The summed E-state index contributed by atoms with van der Waals surface area (Å²) in [5.74, 6) is -1.65. The number of carbonyl (C=O) groups excluding carboxylic acids is 1. The van der Waals surface area contributed by atoms with Gasteiger partial charge in [0.25, 0.3) is 5.91 Å². The molecule has 7 aliphatic rings. The van der Waals surface area contributed by atoms with Gasteiger partial charge in [-0.25, -0.2) is 14.2 Å². The Kier molecular flexibility index (Phi) is 9.93. The molecule has 4 N–H and O–H groups in total. The van der Waals surface area contributed by atoms with Gasteiger partial charge in [-0.15, -0.1) is 0 Å². The molecule has 0 saturated heterocycles. The van der Waals surface area contributed by atoms with Crippen LogP contribution in [0.15, 0.2) is 82.0 Å². The number of aromatic hydroxyl groups is 1. The zero-order valence-electron chi connectivity index (χ0n) is 36.6. The molecule has 1 amide bonds. The van der Waals surface area contributed by atoms with Crippen LogP contribution in [0.1, 0.15) is 95.7 Å². The smallest absolute Gasteiger partial charge is 0.337 e. The Morgan fingerprint density at radius 1 is 0.735 bits per heavy atom. The number of carboxylic acid groups (broad SMARTS) is 2. The lowest BCUT2D eigenvalue weighted by Gasteiger charge is -2.39. The monoisotopic (exact) mass is 946 g/mol. The van der Waals surface area contributed by atoms with Gasteiger partial charge in [0, 0.05) is 99.9 Å². The Bertz CT molecular complexity index is 3610. The van der Waals surface area contributed by atoms with E-state index in [-0.39, 0.29) is 61.4 Å². The average molecular weight is 948 g/mol. The number of rotatable bonds is 7. The Morgan fingerprint density at radius 3 is 2.31 bits per heavy atom. The highest BCUT2D eigenvalue weighted by Gasteiger charge is 2.38. The topological polar surface area (TPSA) is 170 Å². The molecule has 0 saturated carbocycles. The third kappa shape index (κ3) is 6.59. The van der Waals surface area contributed by atoms with Gasteiger partial charge in [-0.05, 0) is 104 Å². The number of hydrogen-bond donors (Lipinski definition) is 4. The maximum Gasteiger partial charge on any atom is 0.337 e. The van der Waals surface area contributed by atoms with Crippen LogP contribution in [0.5, 0.6) is 17.2 Å². The quantitative estimate of drug-likeness (QED) is 0.0900. The highest BCUT2D eigenvalue weighted by molar-refractivity contribution is 6.40. The fourth-order valence-electron chi connectivity index (χ4n) is 11.5. The number of benzene rings is 6. The van der Waals surface area contributed by atoms with Crippen molar-refractivity contribution in [2.45, 2.75) is 57.9 Å². The first kappa shape index (κ1) is 42.2. The van der Waals surface area contributed by atoms with Crippen LogP contribution >= 0.6 is 23.2 Å². The lowest BCUT2D eigenvalue weighted by Crippen LogP contribution is -2.45. The summed E-state index contributed by atoms with van der Waals surface area (Å²) in [6.07, 6.45) is 7.16. The molecular weight excluding hydrogens is 906 g/mol. The van der Waals surface area contributed by atoms with Gasteiger partial charge in [-0.1, -0.05) is 35.3 Å². The van der Waals surface area contributed by atoms with Gasteiger partial charge < -0.3 is 34.7 Å². The van der Waals surface area contributed by atoms with Gasteiger partial charge in [0.05, 0.1) is 32.3 Å². The van der Waals surface area contributed by atoms with E-state index < -0.39 is 17.8 Å². The number of aryl methyl sites for hydroxylation is 2. The van der Waals surface area contributed by atoms with Crippen molar-refractivity contribution in [3.8, 4) is 39.7 Å². The molecule has 12 rings (SSSR count). The third-order valence-electron chi connectivity index (χ3n) is 14.3. The zero-order chi connectivity index (χ0) is 46.7. The number of amides is 1. The van der Waals surface area contributed by atoms with E-state index in [1.165, 1.54) is 58.6 Å². The molecule has 1 aliphatic carbocycles. The second kappa shape index (κ2) is 16.0. The van der Waals surface area contributed by atoms with Crippen LogP contribution in [0.3, 0.4) is 0 Å². The SMILES string of the molecule is O=C(O)c1cc(CNC(=O)c2cc(Cl)c(C(=O)O)c(C3=c4cc5c6c(c4Oc4c3cc3c7c4CCCN7CCC3)CCC[N+]=6CCC5)c2Cl)ccc1-c1c2ccc(=O)cc-2oc2cc(O)ccc12. The van der Waals surface area contributed by atoms with Crippen molar-refractivity contribution in [2.75, 3.05) is 31.1 Å². The van der Waals surface area contributed by atoms with Crippen LogP contribution in [0, 0.1) is 0 Å². The molecule has 6 aliphatic heterocycles. The van der Waals surface area contributed by atoms with Crippen LogP contribution in [0.25, 0.3) is 39.0 Å². The first-order chi connectivity index (χ1) is 32.9. The van der Waals surface area contributed by atoms with Crippen molar-refractivity contribution in [3.63, 3.8) is 0 Å². The molecule has 0 spiro atoms. The number of aromatic carboxylic acids is 2. The van der Waals surface area contributed by atoms with E-state index in [0.29, 0.717) is 44.7 Å². The summed E-state index contributed by atoms with van der Waals surface area (Å²) in [6, 6.07) is 19.1. The van der Waals surface area contributed by atoms with E-state index >= 15 is 0 Å². The molecule has 12 nitrogen and oxygen atoms in total. The second-order valence-electron chi connectivity index (χ2n) is 18.3. The molecule has 0 aromatic heterocycles. The Labute approximate surface area is 398 Å². The summed E-state index contributed by atoms with van der Waals surface area (Å²) in [5, 5.41) is 36.9.